The summed E-state index contributed by atoms with van der Waals surface area (Å²) in [6.07, 6.45) is 1.61. The predicted molar refractivity (Wildman–Crippen MR) is 69.6 cm³/mol. The van der Waals surface area contributed by atoms with Crippen LogP contribution in [0.2, 0.25) is 10.0 Å². The molecular weight excluding hydrogens is 279 g/mol. The standard InChI is InChI=1S/C11H12Cl2N2O3/c12-8-5-10(15(16)17)11(6-9(8)13)18-7-1-3-14-4-2-7/h5-7,14H,1-4H2. The molecule has 1 heterocycles. The third kappa shape index (κ3) is 3.04. The number of nitrogens with zero attached hydrogens (tertiary/aromatic N) is 1. The van der Waals surface area contributed by atoms with Crippen molar-refractivity contribution >= 4 is 28.9 Å². The Labute approximate surface area is 114 Å². The van der Waals surface area contributed by atoms with Crippen LogP contribution in [0.25, 0.3) is 0 Å². The van der Waals surface area contributed by atoms with Crippen LogP contribution in [0.3, 0.4) is 0 Å². The number of rotatable bonds is 3. The number of halogens is 2. The second kappa shape index (κ2) is 5.73. The number of nitro groups is 1. The summed E-state index contributed by atoms with van der Waals surface area (Å²) in [5, 5.41) is 14.5. The summed E-state index contributed by atoms with van der Waals surface area (Å²) < 4.78 is 5.66. The number of ether oxygens (including phenoxy) is 1. The van der Waals surface area contributed by atoms with Gasteiger partial charge in [0, 0.05) is 12.1 Å². The lowest BCUT2D eigenvalue weighted by Crippen LogP contribution is -2.34. The summed E-state index contributed by atoms with van der Waals surface area (Å²) in [7, 11) is 0. The molecule has 0 radical (unpaired) electrons. The Balaban J connectivity index is 2.24. The first-order valence-electron chi connectivity index (χ1n) is 5.58. The quantitative estimate of drug-likeness (QED) is 0.686. The Hall–Kier alpha value is -1.04. The number of hydrogen-bond acceptors (Lipinski definition) is 4. The second-order valence-corrected chi connectivity index (χ2v) is 4.87. The highest BCUT2D eigenvalue weighted by Crippen LogP contribution is 2.36. The van der Waals surface area contributed by atoms with E-state index in [1.165, 1.54) is 12.1 Å². The highest BCUT2D eigenvalue weighted by molar-refractivity contribution is 6.42. The van der Waals surface area contributed by atoms with Gasteiger partial charge in [-0.1, -0.05) is 23.2 Å². The minimum absolute atomic E-state index is 0.0257. The molecule has 0 aliphatic carbocycles. The molecule has 0 unspecified atom stereocenters. The summed E-state index contributed by atoms with van der Waals surface area (Å²) in [4.78, 5) is 10.4. The summed E-state index contributed by atoms with van der Waals surface area (Å²) >= 11 is 11.6. The molecule has 0 bridgehead atoms. The molecular formula is C11H12Cl2N2O3. The molecule has 1 aliphatic rings. The average molecular weight is 291 g/mol. The van der Waals surface area contributed by atoms with Crippen molar-refractivity contribution in [2.75, 3.05) is 13.1 Å². The van der Waals surface area contributed by atoms with Gasteiger partial charge in [0.25, 0.3) is 0 Å². The molecule has 1 fully saturated rings. The summed E-state index contributed by atoms with van der Waals surface area (Å²) in [5.41, 5.74) is -0.150. The molecule has 5 nitrogen and oxygen atoms in total. The lowest BCUT2D eigenvalue weighted by Gasteiger charge is -2.23. The van der Waals surface area contributed by atoms with E-state index in [1.54, 1.807) is 0 Å². The van der Waals surface area contributed by atoms with E-state index in [0.717, 1.165) is 25.9 Å². The van der Waals surface area contributed by atoms with Gasteiger partial charge in [-0.3, -0.25) is 10.1 Å². The fraction of sp³-hybridized carbons (Fsp3) is 0.455. The van der Waals surface area contributed by atoms with Crippen LogP contribution in [-0.2, 0) is 0 Å². The largest absolute Gasteiger partial charge is 0.483 e. The van der Waals surface area contributed by atoms with Gasteiger partial charge in [-0.05, 0) is 25.9 Å². The Morgan fingerprint density at radius 1 is 1.28 bits per heavy atom. The van der Waals surface area contributed by atoms with E-state index in [2.05, 4.69) is 5.32 Å². The molecule has 0 aromatic heterocycles. The fourth-order valence-corrected chi connectivity index (χ4v) is 2.16. The summed E-state index contributed by atoms with van der Waals surface area (Å²) in [6.45, 7) is 1.69. The maximum Gasteiger partial charge on any atom is 0.312 e. The van der Waals surface area contributed by atoms with Crippen molar-refractivity contribution in [2.45, 2.75) is 18.9 Å². The number of nitrogens with one attached hydrogen (secondary N) is 1. The van der Waals surface area contributed by atoms with E-state index in [0.29, 0.717) is 0 Å². The molecule has 7 heteroatoms. The molecule has 1 aromatic carbocycles. The minimum atomic E-state index is -0.515. The van der Waals surface area contributed by atoms with Gasteiger partial charge in [-0.25, -0.2) is 0 Å². The van der Waals surface area contributed by atoms with Crippen molar-refractivity contribution in [3.05, 3.63) is 32.3 Å². The molecule has 0 atom stereocenters. The summed E-state index contributed by atoms with van der Waals surface area (Å²) in [5.74, 6) is 0.182. The van der Waals surface area contributed by atoms with Gasteiger partial charge in [0.2, 0.25) is 0 Å². The average Bonchev–Trinajstić information content (AvgIpc) is 2.34. The van der Waals surface area contributed by atoms with E-state index in [9.17, 15) is 10.1 Å². The third-order valence-electron chi connectivity index (χ3n) is 2.78. The molecule has 1 aliphatic heterocycles. The first-order valence-corrected chi connectivity index (χ1v) is 6.34. The van der Waals surface area contributed by atoms with Crippen LogP contribution in [0.4, 0.5) is 5.69 Å². The van der Waals surface area contributed by atoms with Gasteiger partial charge in [0.05, 0.1) is 15.0 Å². The van der Waals surface area contributed by atoms with Crippen LogP contribution in [0.15, 0.2) is 12.1 Å². The van der Waals surface area contributed by atoms with Gasteiger partial charge >= 0.3 is 5.69 Å². The first kappa shape index (κ1) is 13.4. The number of hydrogen-bond donors (Lipinski definition) is 1. The van der Waals surface area contributed by atoms with Crippen molar-refractivity contribution in [3.63, 3.8) is 0 Å². The van der Waals surface area contributed by atoms with Crippen LogP contribution in [0.1, 0.15) is 12.8 Å². The van der Waals surface area contributed by atoms with E-state index >= 15 is 0 Å². The zero-order valence-electron chi connectivity index (χ0n) is 9.49. The van der Waals surface area contributed by atoms with Gasteiger partial charge < -0.3 is 10.1 Å². The molecule has 98 valence electrons. The summed E-state index contributed by atoms with van der Waals surface area (Å²) in [6, 6.07) is 2.63. The van der Waals surface area contributed by atoms with Crippen molar-refractivity contribution in [1.29, 1.82) is 0 Å². The van der Waals surface area contributed by atoms with Crippen LogP contribution in [-0.4, -0.2) is 24.1 Å². The maximum absolute atomic E-state index is 10.9. The van der Waals surface area contributed by atoms with Crippen molar-refractivity contribution < 1.29 is 9.66 Å². The number of nitro benzene ring substituents is 1. The van der Waals surface area contributed by atoms with E-state index < -0.39 is 4.92 Å². The highest BCUT2D eigenvalue weighted by atomic mass is 35.5. The zero-order chi connectivity index (χ0) is 13.1. The maximum atomic E-state index is 10.9. The first-order chi connectivity index (χ1) is 8.58. The van der Waals surface area contributed by atoms with Gasteiger partial charge in [0.1, 0.15) is 6.10 Å². The van der Waals surface area contributed by atoms with Crippen molar-refractivity contribution in [2.24, 2.45) is 0 Å². The number of piperidine rings is 1. The van der Waals surface area contributed by atoms with Crippen molar-refractivity contribution in [1.82, 2.24) is 5.32 Å². The Morgan fingerprint density at radius 3 is 2.50 bits per heavy atom. The van der Waals surface area contributed by atoms with E-state index in [-0.39, 0.29) is 27.6 Å². The molecule has 0 spiro atoms. The van der Waals surface area contributed by atoms with E-state index in [4.69, 9.17) is 27.9 Å². The van der Waals surface area contributed by atoms with Crippen LogP contribution in [0.5, 0.6) is 5.75 Å². The topological polar surface area (TPSA) is 64.4 Å². The Bertz CT molecular complexity index is 462. The van der Waals surface area contributed by atoms with Gasteiger partial charge in [-0.15, -0.1) is 0 Å². The minimum Gasteiger partial charge on any atom is -0.483 e. The van der Waals surface area contributed by atoms with Crippen molar-refractivity contribution in [3.8, 4) is 5.75 Å². The molecule has 2 rings (SSSR count). The number of benzene rings is 1. The smallest absolute Gasteiger partial charge is 0.312 e. The SMILES string of the molecule is O=[N+]([O-])c1cc(Cl)c(Cl)cc1OC1CCNCC1. The molecule has 1 saturated heterocycles. The van der Waals surface area contributed by atoms with E-state index in [1.807, 2.05) is 0 Å². The second-order valence-electron chi connectivity index (χ2n) is 4.06. The molecule has 18 heavy (non-hydrogen) atoms. The predicted octanol–water partition coefficient (Wildman–Crippen LogP) is 3.03. The van der Waals surface area contributed by atoms with Gasteiger partial charge in [-0.2, -0.15) is 0 Å². The van der Waals surface area contributed by atoms with Crippen LogP contribution >= 0.6 is 23.2 Å². The monoisotopic (exact) mass is 290 g/mol. The Kier molecular flexibility index (Phi) is 4.27. The fourth-order valence-electron chi connectivity index (χ4n) is 1.85. The lowest BCUT2D eigenvalue weighted by molar-refractivity contribution is -0.386. The van der Waals surface area contributed by atoms with Crippen LogP contribution in [0, 0.1) is 10.1 Å². The normalized spacial score (nSPS) is 16.6. The lowest BCUT2D eigenvalue weighted by atomic mass is 10.1. The molecule has 1 N–H and O–H groups in total. The zero-order valence-corrected chi connectivity index (χ0v) is 11.0. The molecule has 0 saturated carbocycles. The third-order valence-corrected chi connectivity index (χ3v) is 3.50. The molecule has 1 aromatic rings. The van der Waals surface area contributed by atoms with Crippen LogP contribution < -0.4 is 10.1 Å². The molecule has 0 amide bonds. The highest BCUT2D eigenvalue weighted by Gasteiger charge is 2.22. The van der Waals surface area contributed by atoms with Gasteiger partial charge in [0.15, 0.2) is 5.75 Å². The Morgan fingerprint density at radius 2 is 1.89 bits per heavy atom.